The summed E-state index contributed by atoms with van der Waals surface area (Å²) in [5, 5.41) is 9.13. The Hall–Kier alpha value is -2.13. The predicted molar refractivity (Wildman–Crippen MR) is 71.1 cm³/mol. The first-order valence-electron chi connectivity index (χ1n) is 5.72. The molecule has 0 aromatic heterocycles. The summed E-state index contributed by atoms with van der Waals surface area (Å²) in [6.07, 6.45) is 0. The number of nitrogens with two attached hydrogens (primary N) is 1. The van der Waals surface area contributed by atoms with Crippen molar-refractivity contribution in [3.8, 4) is 11.1 Å². The molecule has 18 heavy (non-hydrogen) atoms. The highest BCUT2D eigenvalue weighted by atomic mass is 16.3. The molecule has 0 fully saturated rings. The van der Waals surface area contributed by atoms with Gasteiger partial charge in [-0.25, -0.2) is 0 Å². The van der Waals surface area contributed by atoms with Crippen molar-refractivity contribution in [1.82, 2.24) is 0 Å². The monoisotopic (exact) mass is 241 g/mol. The van der Waals surface area contributed by atoms with Gasteiger partial charge in [0.05, 0.1) is 6.61 Å². The van der Waals surface area contributed by atoms with E-state index in [9.17, 15) is 4.79 Å². The maximum absolute atomic E-state index is 11.1. The van der Waals surface area contributed by atoms with Crippen molar-refractivity contribution in [3.05, 3.63) is 59.2 Å². The molecule has 0 spiro atoms. The van der Waals surface area contributed by atoms with Gasteiger partial charge in [-0.3, -0.25) is 4.79 Å². The molecular weight excluding hydrogens is 226 g/mol. The second kappa shape index (κ2) is 5.02. The Bertz CT molecular complexity index is 591. The van der Waals surface area contributed by atoms with E-state index in [1.165, 1.54) is 0 Å². The standard InChI is InChI=1S/C15H15NO2/c1-10-7-13(15(16)18)5-6-14(10)12-4-2-3-11(8-12)9-17/h2-8,17H,9H2,1H3,(H2,16,18). The molecule has 0 radical (unpaired) electrons. The first-order chi connectivity index (χ1) is 8.61. The normalized spacial score (nSPS) is 10.3. The summed E-state index contributed by atoms with van der Waals surface area (Å²) in [5.74, 6) is -0.422. The number of rotatable bonds is 3. The Morgan fingerprint density at radius 1 is 1.22 bits per heavy atom. The summed E-state index contributed by atoms with van der Waals surface area (Å²) < 4.78 is 0. The van der Waals surface area contributed by atoms with Crippen LogP contribution in [0.25, 0.3) is 11.1 Å². The van der Waals surface area contributed by atoms with Gasteiger partial charge in [-0.2, -0.15) is 0 Å². The molecule has 1 amide bonds. The van der Waals surface area contributed by atoms with Crippen molar-refractivity contribution in [3.63, 3.8) is 0 Å². The van der Waals surface area contributed by atoms with E-state index in [0.29, 0.717) is 5.56 Å². The fraction of sp³-hybridized carbons (Fsp3) is 0.133. The van der Waals surface area contributed by atoms with Gasteiger partial charge in [0.25, 0.3) is 0 Å². The smallest absolute Gasteiger partial charge is 0.248 e. The summed E-state index contributed by atoms with van der Waals surface area (Å²) in [6.45, 7) is 1.96. The number of hydrogen-bond acceptors (Lipinski definition) is 2. The third kappa shape index (κ3) is 2.41. The lowest BCUT2D eigenvalue weighted by atomic mass is 9.97. The van der Waals surface area contributed by atoms with Crippen molar-refractivity contribution in [2.75, 3.05) is 0 Å². The van der Waals surface area contributed by atoms with Crippen molar-refractivity contribution >= 4 is 5.91 Å². The number of aliphatic hydroxyl groups is 1. The van der Waals surface area contributed by atoms with Gasteiger partial charge in [-0.15, -0.1) is 0 Å². The Kier molecular flexibility index (Phi) is 3.44. The Morgan fingerprint density at radius 2 is 2.00 bits per heavy atom. The number of hydrogen-bond donors (Lipinski definition) is 2. The van der Waals surface area contributed by atoms with Gasteiger partial charge in [0.15, 0.2) is 0 Å². The molecule has 3 N–H and O–H groups in total. The lowest BCUT2D eigenvalue weighted by Gasteiger charge is -2.08. The van der Waals surface area contributed by atoms with Crippen LogP contribution in [0.1, 0.15) is 21.5 Å². The summed E-state index contributed by atoms with van der Waals surface area (Å²) in [5.41, 5.74) is 9.67. The maximum atomic E-state index is 11.1. The van der Waals surface area contributed by atoms with Crippen LogP contribution in [0.4, 0.5) is 0 Å². The zero-order chi connectivity index (χ0) is 13.1. The molecule has 0 unspecified atom stereocenters. The number of carbonyl (C=O) groups excluding carboxylic acids is 1. The number of carbonyl (C=O) groups is 1. The van der Waals surface area contributed by atoms with Gasteiger partial charge in [-0.1, -0.05) is 24.3 Å². The Balaban J connectivity index is 2.47. The molecule has 0 atom stereocenters. The van der Waals surface area contributed by atoms with E-state index in [2.05, 4.69) is 0 Å². The molecule has 92 valence electrons. The second-order valence-electron chi connectivity index (χ2n) is 4.25. The van der Waals surface area contributed by atoms with Crippen LogP contribution in [0.2, 0.25) is 0 Å². The number of aliphatic hydroxyl groups excluding tert-OH is 1. The minimum atomic E-state index is -0.422. The highest BCUT2D eigenvalue weighted by Gasteiger charge is 2.06. The Labute approximate surface area is 106 Å². The minimum Gasteiger partial charge on any atom is -0.392 e. The fourth-order valence-electron chi connectivity index (χ4n) is 1.98. The lowest BCUT2D eigenvalue weighted by Crippen LogP contribution is -2.10. The van der Waals surface area contributed by atoms with E-state index >= 15 is 0 Å². The molecule has 0 bridgehead atoms. The molecule has 0 saturated heterocycles. The highest BCUT2D eigenvalue weighted by molar-refractivity contribution is 5.93. The third-order valence-electron chi connectivity index (χ3n) is 2.93. The van der Waals surface area contributed by atoms with Crippen LogP contribution in [0.3, 0.4) is 0 Å². The average molecular weight is 241 g/mol. The van der Waals surface area contributed by atoms with Gasteiger partial charge in [0.2, 0.25) is 5.91 Å². The van der Waals surface area contributed by atoms with Crippen molar-refractivity contribution in [2.24, 2.45) is 5.73 Å². The molecule has 2 aromatic carbocycles. The number of aryl methyl sites for hydroxylation is 1. The minimum absolute atomic E-state index is 0.0201. The molecule has 0 aliphatic heterocycles. The van der Waals surface area contributed by atoms with Gasteiger partial charge in [-0.05, 0) is 47.4 Å². The first kappa shape index (κ1) is 12.3. The topological polar surface area (TPSA) is 63.3 Å². The number of amides is 1. The van der Waals surface area contributed by atoms with E-state index in [-0.39, 0.29) is 6.61 Å². The van der Waals surface area contributed by atoms with Crippen LogP contribution in [0, 0.1) is 6.92 Å². The average Bonchev–Trinajstić information content (AvgIpc) is 2.38. The highest BCUT2D eigenvalue weighted by Crippen LogP contribution is 2.25. The molecule has 3 nitrogen and oxygen atoms in total. The molecule has 0 saturated carbocycles. The maximum Gasteiger partial charge on any atom is 0.248 e. The molecule has 3 heteroatoms. The largest absolute Gasteiger partial charge is 0.392 e. The molecule has 0 heterocycles. The van der Waals surface area contributed by atoms with Crippen LogP contribution < -0.4 is 5.73 Å². The molecular formula is C15H15NO2. The van der Waals surface area contributed by atoms with Crippen LogP contribution in [0.5, 0.6) is 0 Å². The third-order valence-corrected chi connectivity index (χ3v) is 2.93. The molecule has 2 aromatic rings. The molecule has 0 aliphatic rings. The van der Waals surface area contributed by atoms with Gasteiger partial charge in [0, 0.05) is 5.56 Å². The van der Waals surface area contributed by atoms with Gasteiger partial charge < -0.3 is 10.8 Å². The summed E-state index contributed by atoms with van der Waals surface area (Å²) >= 11 is 0. The zero-order valence-corrected chi connectivity index (χ0v) is 10.2. The lowest BCUT2D eigenvalue weighted by molar-refractivity contribution is 0.1000. The van der Waals surface area contributed by atoms with E-state index in [1.807, 2.05) is 37.3 Å². The van der Waals surface area contributed by atoms with Crippen molar-refractivity contribution in [1.29, 1.82) is 0 Å². The van der Waals surface area contributed by atoms with Gasteiger partial charge in [0.1, 0.15) is 0 Å². The van der Waals surface area contributed by atoms with Crippen LogP contribution in [-0.2, 0) is 6.61 Å². The Morgan fingerprint density at radius 3 is 2.61 bits per heavy atom. The molecule has 2 rings (SSSR count). The van der Waals surface area contributed by atoms with E-state index in [4.69, 9.17) is 10.8 Å². The number of primary amides is 1. The SMILES string of the molecule is Cc1cc(C(N)=O)ccc1-c1cccc(CO)c1. The summed E-state index contributed by atoms with van der Waals surface area (Å²) in [7, 11) is 0. The van der Waals surface area contributed by atoms with Gasteiger partial charge >= 0.3 is 0 Å². The second-order valence-corrected chi connectivity index (χ2v) is 4.25. The van der Waals surface area contributed by atoms with Crippen LogP contribution in [0.15, 0.2) is 42.5 Å². The zero-order valence-electron chi connectivity index (χ0n) is 10.2. The summed E-state index contributed by atoms with van der Waals surface area (Å²) in [6, 6.07) is 13.1. The predicted octanol–water partition coefficient (Wildman–Crippen LogP) is 2.25. The quantitative estimate of drug-likeness (QED) is 0.865. The van der Waals surface area contributed by atoms with E-state index in [1.54, 1.807) is 12.1 Å². The first-order valence-corrected chi connectivity index (χ1v) is 5.72. The van der Waals surface area contributed by atoms with Crippen LogP contribution >= 0.6 is 0 Å². The fourth-order valence-corrected chi connectivity index (χ4v) is 1.98. The van der Waals surface area contributed by atoms with Crippen molar-refractivity contribution < 1.29 is 9.90 Å². The summed E-state index contributed by atoms with van der Waals surface area (Å²) in [4.78, 5) is 11.1. The van der Waals surface area contributed by atoms with Crippen molar-refractivity contribution in [2.45, 2.75) is 13.5 Å². The van der Waals surface area contributed by atoms with E-state index in [0.717, 1.165) is 22.3 Å². The van der Waals surface area contributed by atoms with E-state index < -0.39 is 5.91 Å². The van der Waals surface area contributed by atoms with Crippen LogP contribution in [-0.4, -0.2) is 11.0 Å². The number of benzene rings is 2. The molecule has 0 aliphatic carbocycles.